The molecule has 0 aliphatic rings. The largest absolute Gasteiger partial charge is 0.481 e. The van der Waals surface area contributed by atoms with Crippen molar-refractivity contribution in [3.8, 4) is 0 Å². The molecule has 0 atom stereocenters. The molecule has 0 unspecified atom stereocenters. The van der Waals surface area contributed by atoms with E-state index in [4.69, 9.17) is 5.11 Å². The lowest BCUT2D eigenvalue weighted by Gasteiger charge is -2.02. The number of aromatic nitrogens is 5. The molecule has 0 saturated heterocycles. The summed E-state index contributed by atoms with van der Waals surface area (Å²) < 4.78 is 3.49. The Morgan fingerprint density at radius 3 is 3.06 bits per heavy atom. The fraction of sp³-hybridized carbons (Fsp3) is 0.333. The van der Waals surface area contributed by atoms with Crippen LogP contribution in [0.15, 0.2) is 23.7 Å². The van der Waals surface area contributed by atoms with Crippen molar-refractivity contribution in [2.45, 2.75) is 11.7 Å². The molecule has 0 radical (unpaired) electrons. The number of carboxylic acids is 1. The second-order valence-corrected chi connectivity index (χ2v) is 4.35. The van der Waals surface area contributed by atoms with Crippen molar-refractivity contribution in [3.63, 3.8) is 0 Å². The standard InChI is InChI=1S/C9H11N5O2S/c1-13-3-2-7(12-13)4-14-6-10-11-9(14)17-5-8(15)16/h2-3,6H,4-5H2,1H3,(H,15,16). The summed E-state index contributed by atoms with van der Waals surface area (Å²) >= 11 is 1.14. The Bertz CT molecular complexity index is 521. The van der Waals surface area contributed by atoms with Gasteiger partial charge in [0, 0.05) is 13.2 Å². The smallest absolute Gasteiger partial charge is 0.313 e. The van der Waals surface area contributed by atoms with Crippen LogP contribution in [0.2, 0.25) is 0 Å². The second-order valence-electron chi connectivity index (χ2n) is 3.40. The summed E-state index contributed by atoms with van der Waals surface area (Å²) in [6.07, 6.45) is 3.42. The fourth-order valence-corrected chi connectivity index (χ4v) is 1.95. The van der Waals surface area contributed by atoms with Crippen LogP contribution in [0, 0.1) is 0 Å². The molecule has 0 aromatic carbocycles. The van der Waals surface area contributed by atoms with Crippen molar-refractivity contribution < 1.29 is 9.90 Å². The first-order valence-corrected chi connectivity index (χ1v) is 5.84. The maximum absolute atomic E-state index is 10.5. The van der Waals surface area contributed by atoms with E-state index in [0.29, 0.717) is 11.7 Å². The summed E-state index contributed by atoms with van der Waals surface area (Å²) in [4.78, 5) is 10.5. The predicted octanol–water partition coefficient (Wildman–Crippen LogP) is 0.237. The third-order valence-corrected chi connectivity index (χ3v) is 2.97. The van der Waals surface area contributed by atoms with Gasteiger partial charge in [0.05, 0.1) is 18.0 Å². The molecule has 2 rings (SSSR count). The molecule has 2 aromatic heterocycles. The Hall–Kier alpha value is -1.83. The van der Waals surface area contributed by atoms with E-state index in [1.807, 2.05) is 19.3 Å². The van der Waals surface area contributed by atoms with E-state index < -0.39 is 5.97 Å². The van der Waals surface area contributed by atoms with Gasteiger partial charge in [-0.2, -0.15) is 5.10 Å². The highest BCUT2D eigenvalue weighted by atomic mass is 32.2. The van der Waals surface area contributed by atoms with Gasteiger partial charge in [0.1, 0.15) is 6.33 Å². The molecule has 0 spiro atoms. The van der Waals surface area contributed by atoms with Crippen molar-refractivity contribution in [1.29, 1.82) is 0 Å². The lowest BCUT2D eigenvalue weighted by atomic mass is 10.4. The van der Waals surface area contributed by atoms with E-state index in [-0.39, 0.29) is 5.75 Å². The van der Waals surface area contributed by atoms with Gasteiger partial charge in [-0.05, 0) is 6.07 Å². The molecule has 8 heteroatoms. The summed E-state index contributed by atoms with van der Waals surface area (Å²) in [7, 11) is 1.84. The molecule has 7 nitrogen and oxygen atoms in total. The highest BCUT2D eigenvalue weighted by Gasteiger charge is 2.08. The molecule has 0 fully saturated rings. The number of hydrogen-bond donors (Lipinski definition) is 1. The Morgan fingerprint density at radius 2 is 2.41 bits per heavy atom. The van der Waals surface area contributed by atoms with Crippen LogP contribution in [0.5, 0.6) is 0 Å². The lowest BCUT2D eigenvalue weighted by Crippen LogP contribution is -2.04. The van der Waals surface area contributed by atoms with Gasteiger partial charge in [0.25, 0.3) is 0 Å². The van der Waals surface area contributed by atoms with E-state index in [2.05, 4.69) is 15.3 Å². The number of nitrogens with zero attached hydrogens (tertiary/aromatic N) is 5. The maximum Gasteiger partial charge on any atom is 0.313 e. The first kappa shape index (κ1) is 11.6. The monoisotopic (exact) mass is 253 g/mol. The molecule has 1 N–H and O–H groups in total. The maximum atomic E-state index is 10.5. The van der Waals surface area contributed by atoms with E-state index in [9.17, 15) is 4.79 Å². The number of aryl methyl sites for hydroxylation is 1. The summed E-state index contributed by atoms with van der Waals surface area (Å²) in [6, 6.07) is 1.89. The van der Waals surface area contributed by atoms with Gasteiger partial charge in [0.2, 0.25) is 0 Å². The summed E-state index contributed by atoms with van der Waals surface area (Å²) in [5.74, 6) is -0.900. The van der Waals surface area contributed by atoms with Crippen molar-refractivity contribution in [2.24, 2.45) is 7.05 Å². The topological polar surface area (TPSA) is 85.8 Å². The van der Waals surface area contributed by atoms with Crippen LogP contribution in [0.1, 0.15) is 5.69 Å². The van der Waals surface area contributed by atoms with Crippen molar-refractivity contribution in [2.75, 3.05) is 5.75 Å². The number of hydrogen-bond acceptors (Lipinski definition) is 5. The molecule has 0 aliphatic carbocycles. The van der Waals surface area contributed by atoms with Gasteiger partial charge < -0.3 is 9.67 Å². The number of carbonyl (C=O) groups is 1. The number of carboxylic acid groups (broad SMARTS) is 1. The third-order valence-electron chi connectivity index (χ3n) is 2.01. The summed E-state index contributed by atoms with van der Waals surface area (Å²) in [6.45, 7) is 0.537. The van der Waals surface area contributed by atoms with Crippen LogP contribution in [0.3, 0.4) is 0 Å². The van der Waals surface area contributed by atoms with Crippen LogP contribution >= 0.6 is 11.8 Å². The Morgan fingerprint density at radius 1 is 1.59 bits per heavy atom. The quantitative estimate of drug-likeness (QED) is 0.768. The lowest BCUT2D eigenvalue weighted by molar-refractivity contribution is -0.133. The van der Waals surface area contributed by atoms with Gasteiger partial charge in [-0.1, -0.05) is 11.8 Å². The van der Waals surface area contributed by atoms with E-state index in [1.54, 1.807) is 15.6 Å². The molecule has 17 heavy (non-hydrogen) atoms. The average Bonchev–Trinajstić information content (AvgIpc) is 2.86. The van der Waals surface area contributed by atoms with Gasteiger partial charge >= 0.3 is 5.97 Å². The number of thioether (sulfide) groups is 1. The minimum atomic E-state index is -0.873. The highest BCUT2D eigenvalue weighted by molar-refractivity contribution is 7.99. The van der Waals surface area contributed by atoms with Crippen molar-refractivity contribution in [1.82, 2.24) is 24.5 Å². The predicted molar refractivity (Wildman–Crippen MR) is 60.7 cm³/mol. The van der Waals surface area contributed by atoms with Crippen LogP contribution in [-0.4, -0.2) is 41.4 Å². The normalized spacial score (nSPS) is 10.6. The third kappa shape index (κ3) is 3.06. The minimum absolute atomic E-state index is 0.0269. The van der Waals surface area contributed by atoms with Crippen LogP contribution in [-0.2, 0) is 18.4 Å². The van der Waals surface area contributed by atoms with Gasteiger partial charge in [0.15, 0.2) is 5.16 Å². The van der Waals surface area contributed by atoms with Crippen LogP contribution in [0.4, 0.5) is 0 Å². The first-order chi connectivity index (χ1) is 8.15. The Kier molecular flexibility index (Phi) is 3.43. The number of rotatable bonds is 5. The molecule has 90 valence electrons. The molecule has 0 amide bonds. The summed E-state index contributed by atoms with van der Waals surface area (Å²) in [5.41, 5.74) is 0.879. The zero-order valence-electron chi connectivity index (χ0n) is 9.15. The molecular formula is C9H11N5O2S. The van der Waals surface area contributed by atoms with E-state index >= 15 is 0 Å². The average molecular weight is 253 g/mol. The molecule has 0 saturated carbocycles. The molecule has 0 aliphatic heterocycles. The molecular weight excluding hydrogens is 242 g/mol. The Labute approximate surface area is 101 Å². The fourth-order valence-electron chi connectivity index (χ4n) is 1.31. The van der Waals surface area contributed by atoms with Crippen molar-refractivity contribution in [3.05, 3.63) is 24.3 Å². The molecule has 2 heterocycles. The van der Waals surface area contributed by atoms with Gasteiger partial charge in [-0.25, -0.2) is 0 Å². The Balaban J connectivity index is 2.06. The van der Waals surface area contributed by atoms with E-state index in [0.717, 1.165) is 17.5 Å². The van der Waals surface area contributed by atoms with Crippen molar-refractivity contribution >= 4 is 17.7 Å². The molecule has 0 bridgehead atoms. The summed E-state index contributed by atoms with van der Waals surface area (Å²) in [5, 5.41) is 21.1. The van der Waals surface area contributed by atoms with Gasteiger partial charge in [-0.15, -0.1) is 10.2 Å². The zero-order valence-corrected chi connectivity index (χ0v) is 9.96. The minimum Gasteiger partial charge on any atom is -0.481 e. The molecule has 2 aromatic rings. The second kappa shape index (κ2) is 5.00. The first-order valence-electron chi connectivity index (χ1n) is 4.86. The number of aliphatic carboxylic acids is 1. The highest BCUT2D eigenvalue weighted by Crippen LogP contribution is 2.15. The van der Waals surface area contributed by atoms with Gasteiger partial charge in [-0.3, -0.25) is 9.48 Å². The zero-order chi connectivity index (χ0) is 12.3. The van der Waals surface area contributed by atoms with Crippen LogP contribution < -0.4 is 0 Å². The SMILES string of the molecule is Cn1ccc(Cn2cnnc2SCC(=O)O)n1. The van der Waals surface area contributed by atoms with Crippen LogP contribution in [0.25, 0.3) is 0 Å². The van der Waals surface area contributed by atoms with E-state index in [1.165, 1.54) is 0 Å².